The summed E-state index contributed by atoms with van der Waals surface area (Å²) in [4.78, 5) is 14.3. The van der Waals surface area contributed by atoms with Gasteiger partial charge < -0.3 is 10.4 Å². The Bertz CT molecular complexity index is 274. The highest BCUT2D eigenvalue weighted by molar-refractivity contribution is 5.68. The minimum Gasteiger partial charge on any atom is -0.481 e. The molecular formula is C9H12N2O2. The summed E-state index contributed by atoms with van der Waals surface area (Å²) in [6.45, 7) is 1.82. The summed E-state index contributed by atoms with van der Waals surface area (Å²) in [6, 6.07) is 3.57. The maximum atomic E-state index is 10.3. The molecule has 1 rings (SSSR count). The van der Waals surface area contributed by atoms with Crippen molar-refractivity contribution in [3.63, 3.8) is 0 Å². The fourth-order valence-corrected chi connectivity index (χ4v) is 1.05. The van der Waals surface area contributed by atoms with E-state index in [1.54, 1.807) is 18.5 Å². The van der Waals surface area contributed by atoms with Crippen molar-refractivity contribution in [3.8, 4) is 0 Å². The summed E-state index contributed by atoms with van der Waals surface area (Å²) in [7, 11) is 0. The van der Waals surface area contributed by atoms with Gasteiger partial charge in [0.25, 0.3) is 0 Å². The molecule has 4 nitrogen and oxygen atoms in total. The number of nitrogens with zero attached hydrogens (tertiary/aromatic N) is 1. The van der Waals surface area contributed by atoms with Crippen LogP contribution in [-0.2, 0) is 4.79 Å². The molecule has 0 saturated heterocycles. The fourth-order valence-electron chi connectivity index (χ4n) is 1.05. The van der Waals surface area contributed by atoms with Gasteiger partial charge in [-0.1, -0.05) is 0 Å². The summed E-state index contributed by atoms with van der Waals surface area (Å²) < 4.78 is 0. The minimum atomic E-state index is -0.802. The topological polar surface area (TPSA) is 62.2 Å². The van der Waals surface area contributed by atoms with Crippen LogP contribution in [0.4, 0.5) is 5.69 Å². The second-order valence-electron chi connectivity index (χ2n) is 2.88. The summed E-state index contributed by atoms with van der Waals surface area (Å²) in [5.41, 5.74) is 0.844. The lowest BCUT2D eigenvalue weighted by molar-refractivity contribution is -0.137. The lowest BCUT2D eigenvalue weighted by atomic mass is 10.2. The summed E-state index contributed by atoms with van der Waals surface area (Å²) in [6.07, 6.45) is 3.44. The first kappa shape index (κ1) is 9.51. The molecule has 0 aliphatic heterocycles. The number of rotatable bonds is 4. The molecule has 0 radical (unpaired) electrons. The van der Waals surface area contributed by atoms with Gasteiger partial charge in [-0.3, -0.25) is 9.78 Å². The van der Waals surface area contributed by atoms with E-state index in [9.17, 15) is 4.79 Å². The van der Waals surface area contributed by atoms with Gasteiger partial charge in [-0.05, 0) is 19.1 Å². The molecule has 2 N–H and O–H groups in total. The molecule has 13 heavy (non-hydrogen) atoms. The monoisotopic (exact) mass is 180 g/mol. The van der Waals surface area contributed by atoms with E-state index >= 15 is 0 Å². The predicted octanol–water partition coefficient (Wildman–Crippen LogP) is 1.36. The number of aliphatic carboxylic acids is 1. The standard InChI is InChI=1S/C9H12N2O2/c1-7(5-9(12)13)11-8-3-2-4-10-6-8/h2-4,6-7,11H,5H2,1H3,(H,12,13)/t7-/m0/s1. The van der Waals surface area contributed by atoms with Crippen molar-refractivity contribution in [2.75, 3.05) is 5.32 Å². The third-order valence-electron chi connectivity index (χ3n) is 1.56. The zero-order valence-corrected chi connectivity index (χ0v) is 7.40. The fraction of sp³-hybridized carbons (Fsp3) is 0.333. The SMILES string of the molecule is C[C@@H](CC(=O)O)Nc1cccnc1. The van der Waals surface area contributed by atoms with Gasteiger partial charge in [-0.15, -0.1) is 0 Å². The molecule has 0 spiro atoms. The summed E-state index contributed by atoms with van der Waals surface area (Å²) in [5.74, 6) is -0.802. The Hall–Kier alpha value is -1.58. The van der Waals surface area contributed by atoms with Crippen LogP contribution < -0.4 is 5.32 Å². The Labute approximate surface area is 76.6 Å². The first-order valence-electron chi connectivity index (χ1n) is 4.07. The van der Waals surface area contributed by atoms with E-state index in [1.165, 1.54) is 0 Å². The Morgan fingerprint density at radius 3 is 3.08 bits per heavy atom. The third-order valence-corrected chi connectivity index (χ3v) is 1.56. The predicted molar refractivity (Wildman–Crippen MR) is 49.6 cm³/mol. The zero-order valence-electron chi connectivity index (χ0n) is 7.40. The van der Waals surface area contributed by atoms with Crippen molar-refractivity contribution >= 4 is 11.7 Å². The second-order valence-corrected chi connectivity index (χ2v) is 2.88. The molecule has 70 valence electrons. The molecule has 1 heterocycles. The highest BCUT2D eigenvalue weighted by Crippen LogP contribution is 2.06. The van der Waals surface area contributed by atoms with Gasteiger partial charge >= 0.3 is 5.97 Å². The minimum absolute atomic E-state index is 0.0818. The number of hydrogen-bond donors (Lipinski definition) is 2. The molecule has 4 heteroatoms. The molecule has 0 bridgehead atoms. The molecular weight excluding hydrogens is 168 g/mol. The van der Waals surface area contributed by atoms with Crippen LogP contribution in [0.25, 0.3) is 0 Å². The van der Waals surface area contributed by atoms with Crippen LogP contribution in [0.15, 0.2) is 24.5 Å². The van der Waals surface area contributed by atoms with E-state index in [-0.39, 0.29) is 12.5 Å². The lowest BCUT2D eigenvalue weighted by Crippen LogP contribution is -2.19. The van der Waals surface area contributed by atoms with Crippen LogP contribution in [0.2, 0.25) is 0 Å². The van der Waals surface area contributed by atoms with E-state index in [1.807, 2.05) is 13.0 Å². The van der Waals surface area contributed by atoms with Gasteiger partial charge in [0.1, 0.15) is 0 Å². The number of anilines is 1. The molecule has 0 amide bonds. The van der Waals surface area contributed by atoms with Crippen LogP contribution in [0.1, 0.15) is 13.3 Å². The molecule has 1 aromatic rings. The molecule has 0 aromatic carbocycles. The van der Waals surface area contributed by atoms with Crippen LogP contribution >= 0.6 is 0 Å². The molecule has 0 unspecified atom stereocenters. The molecule has 0 aliphatic carbocycles. The van der Waals surface area contributed by atoms with Crippen molar-refractivity contribution in [2.45, 2.75) is 19.4 Å². The third kappa shape index (κ3) is 3.55. The first-order chi connectivity index (χ1) is 6.18. The lowest BCUT2D eigenvalue weighted by Gasteiger charge is -2.11. The summed E-state index contributed by atoms with van der Waals surface area (Å²) in [5, 5.41) is 11.5. The molecule has 0 aliphatic rings. The van der Waals surface area contributed by atoms with Gasteiger partial charge in [-0.2, -0.15) is 0 Å². The molecule has 0 fully saturated rings. The highest BCUT2D eigenvalue weighted by atomic mass is 16.4. The Morgan fingerprint density at radius 1 is 1.77 bits per heavy atom. The van der Waals surface area contributed by atoms with E-state index in [2.05, 4.69) is 10.3 Å². The van der Waals surface area contributed by atoms with Crippen LogP contribution in [0, 0.1) is 0 Å². The van der Waals surface area contributed by atoms with Crippen LogP contribution in [0.5, 0.6) is 0 Å². The Kier molecular flexibility index (Phi) is 3.25. The van der Waals surface area contributed by atoms with Crippen LogP contribution in [-0.4, -0.2) is 22.1 Å². The molecule has 1 aromatic heterocycles. The maximum Gasteiger partial charge on any atom is 0.305 e. The average molecular weight is 180 g/mol. The largest absolute Gasteiger partial charge is 0.481 e. The van der Waals surface area contributed by atoms with E-state index in [0.717, 1.165) is 5.69 Å². The first-order valence-corrected chi connectivity index (χ1v) is 4.07. The quantitative estimate of drug-likeness (QED) is 0.734. The Morgan fingerprint density at radius 2 is 2.54 bits per heavy atom. The van der Waals surface area contributed by atoms with Gasteiger partial charge in [-0.25, -0.2) is 0 Å². The second kappa shape index (κ2) is 4.45. The number of nitrogens with one attached hydrogen (secondary N) is 1. The normalized spacial score (nSPS) is 12.1. The highest BCUT2D eigenvalue weighted by Gasteiger charge is 2.06. The number of pyridine rings is 1. The number of aromatic nitrogens is 1. The number of carboxylic acid groups (broad SMARTS) is 1. The van der Waals surface area contributed by atoms with E-state index < -0.39 is 5.97 Å². The zero-order chi connectivity index (χ0) is 9.68. The van der Waals surface area contributed by atoms with Crippen molar-refractivity contribution < 1.29 is 9.90 Å². The summed E-state index contributed by atoms with van der Waals surface area (Å²) >= 11 is 0. The van der Waals surface area contributed by atoms with Gasteiger partial charge in [0.15, 0.2) is 0 Å². The van der Waals surface area contributed by atoms with E-state index in [0.29, 0.717) is 0 Å². The Balaban J connectivity index is 2.45. The number of hydrogen-bond acceptors (Lipinski definition) is 3. The van der Waals surface area contributed by atoms with Gasteiger partial charge in [0.2, 0.25) is 0 Å². The van der Waals surface area contributed by atoms with Crippen molar-refractivity contribution in [2.24, 2.45) is 0 Å². The maximum absolute atomic E-state index is 10.3. The van der Waals surface area contributed by atoms with Gasteiger partial charge in [0.05, 0.1) is 12.1 Å². The average Bonchev–Trinajstić information content (AvgIpc) is 2.04. The van der Waals surface area contributed by atoms with Gasteiger partial charge in [0, 0.05) is 18.4 Å². The number of carboxylic acids is 1. The molecule has 0 saturated carbocycles. The van der Waals surface area contributed by atoms with Crippen LogP contribution in [0.3, 0.4) is 0 Å². The molecule has 1 atom stereocenters. The smallest absolute Gasteiger partial charge is 0.305 e. The van der Waals surface area contributed by atoms with E-state index in [4.69, 9.17) is 5.11 Å². The van der Waals surface area contributed by atoms with Crippen molar-refractivity contribution in [3.05, 3.63) is 24.5 Å². The number of carbonyl (C=O) groups is 1. The van der Waals surface area contributed by atoms with Crippen molar-refractivity contribution in [1.82, 2.24) is 4.98 Å². The van der Waals surface area contributed by atoms with Crippen molar-refractivity contribution in [1.29, 1.82) is 0 Å².